The Morgan fingerprint density at radius 2 is 2.14 bits per heavy atom. The molecule has 0 fully saturated rings. The van der Waals surface area contributed by atoms with Gasteiger partial charge in [0.05, 0.1) is 5.54 Å². The second kappa shape index (κ2) is 5.31. The summed E-state index contributed by atoms with van der Waals surface area (Å²) in [4.78, 5) is 11.2. The molecule has 0 unspecified atom stereocenters. The van der Waals surface area contributed by atoms with Crippen molar-refractivity contribution in [3.8, 4) is 0 Å². The average Bonchev–Trinajstić information content (AvgIpc) is 2.12. The highest BCUT2D eigenvalue weighted by Crippen LogP contribution is 2.01. The van der Waals surface area contributed by atoms with Gasteiger partial charge in [0, 0.05) is 6.54 Å². The van der Waals surface area contributed by atoms with Gasteiger partial charge in [-0.1, -0.05) is 12.1 Å². The molecule has 0 aromatic rings. The number of oxime groups is 1. The van der Waals surface area contributed by atoms with E-state index in [1.165, 1.54) is 0 Å². The molecule has 0 heterocycles. The normalized spacial score (nSPS) is 12.4. The Morgan fingerprint density at radius 3 is 2.57 bits per heavy atom. The molecule has 0 bridgehead atoms. The molecule has 14 heavy (non-hydrogen) atoms. The number of rotatable bonds is 4. The van der Waals surface area contributed by atoms with Crippen LogP contribution in [0.15, 0.2) is 5.16 Å². The van der Waals surface area contributed by atoms with Gasteiger partial charge >= 0.3 is 6.03 Å². The van der Waals surface area contributed by atoms with Gasteiger partial charge in [0.2, 0.25) is 0 Å². The molecule has 0 aliphatic heterocycles. The summed E-state index contributed by atoms with van der Waals surface area (Å²) in [5, 5.41) is 16.5. The zero-order valence-electron chi connectivity index (χ0n) is 8.79. The molecule has 6 heteroatoms. The van der Waals surface area contributed by atoms with Crippen LogP contribution < -0.4 is 16.4 Å². The first-order valence-electron chi connectivity index (χ1n) is 4.48. The van der Waals surface area contributed by atoms with E-state index in [4.69, 9.17) is 10.9 Å². The zero-order valence-corrected chi connectivity index (χ0v) is 8.79. The lowest BCUT2D eigenvalue weighted by Crippen LogP contribution is -2.55. The number of hydrogen-bond donors (Lipinski definition) is 4. The fourth-order valence-electron chi connectivity index (χ4n) is 0.756. The predicted octanol–water partition coefficient (Wildman–Crippen LogP) is 0.221. The van der Waals surface area contributed by atoms with Gasteiger partial charge in [-0.2, -0.15) is 0 Å². The maximum Gasteiger partial charge on any atom is 0.315 e. The summed E-state index contributed by atoms with van der Waals surface area (Å²) in [6.07, 6.45) is 0.859. The quantitative estimate of drug-likeness (QED) is 0.227. The van der Waals surface area contributed by atoms with E-state index in [0.29, 0.717) is 6.54 Å². The fraction of sp³-hybridized carbons (Fsp3) is 0.750. The van der Waals surface area contributed by atoms with Crippen LogP contribution in [0.25, 0.3) is 0 Å². The summed E-state index contributed by atoms with van der Waals surface area (Å²) in [6, 6.07) is -0.330. The lowest BCUT2D eigenvalue weighted by Gasteiger charge is -2.24. The van der Waals surface area contributed by atoms with E-state index < -0.39 is 5.54 Å². The molecule has 82 valence electrons. The van der Waals surface area contributed by atoms with Gasteiger partial charge in [0.1, 0.15) is 0 Å². The summed E-state index contributed by atoms with van der Waals surface area (Å²) in [5.41, 5.74) is 4.53. The van der Waals surface area contributed by atoms with Crippen molar-refractivity contribution in [2.24, 2.45) is 10.9 Å². The molecular formula is C8H18N4O2. The standard InChI is InChI=1S/C8H18N4O2/c1-4-5-10-7(13)11-8(2,3)6(9)12-14/h14H,4-5H2,1-3H3,(H2,9,12)(H2,10,11,13). The Labute approximate surface area is 83.5 Å². The molecule has 0 rings (SSSR count). The first-order chi connectivity index (χ1) is 6.44. The van der Waals surface area contributed by atoms with Crippen LogP contribution in [-0.4, -0.2) is 29.2 Å². The number of hydrogen-bond acceptors (Lipinski definition) is 3. The van der Waals surface area contributed by atoms with Gasteiger partial charge < -0.3 is 21.6 Å². The Balaban J connectivity index is 4.15. The summed E-state index contributed by atoms with van der Waals surface area (Å²) in [6.45, 7) is 5.84. The van der Waals surface area contributed by atoms with E-state index in [1.54, 1.807) is 13.8 Å². The molecule has 0 atom stereocenters. The minimum Gasteiger partial charge on any atom is -0.409 e. The van der Waals surface area contributed by atoms with Crippen LogP contribution in [0.2, 0.25) is 0 Å². The molecule has 0 radical (unpaired) electrons. The van der Waals surface area contributed by atoms with Crippen LogP contribution in [0.4, 0.5) is 4.79 Å². The molecule has 5 N–H and O–H groups in total. The van der Waals surface area contributed by atoms with E-state index in [0.717, 1.165) is 6.42 Å². The number of carbonyl (C=O) groups is 1. The van der Waals surface area contributed by atoms with Crippen molar-refractivity contribution in [1.29, 1.82) is 0 Å². The number of carbonyl (C=O) groups excluding carboxylic acids is 1. The third-order valence-corrected chi connectivity index (χ3v) is 1.71. The van der Waals surface area contributed by atoms with Crippen molar-refractivity contribution >= 4 is 11.9 Å². The van der Waals surface area contributed by atoms with Crippen molar-refractivity contribution < 1.29 is 10.0 Å². The number of nitrogens with one attached hydrogen (secondary N) is 2. The number of nitrogens with zero attached hydrogens (tertiary/aromatic N) is 1. The van der Waals surface area contributed by atoms with Crippen molar-refractivity contribution in [2.75, 3.05) is 6.54 Å². The van der Waals surface area contributed by atoms with Crippen molar-refractivity contribution in [1.82, 2.24) is 10.6 Å². The monoisotopic (exact) mass is 202 g/mol. The second-order valence-corrected chi connectivity index (χ2v) is 3.49. The number of amides is 2. The Hall–Kier alpha value is -1.46. The summed E-state index contributed by atoms with van der Waals surface area (Å²) in [5.74, 6) is -0.0378. The third kappa shape index (κ3) is 3.97. The van der Waals surface area contributed by atoms with Crippen molar-refractivity contribution in [2.45, 2.75) is 32.7 Å². The van der Waals surface area contributed by atoms with Crippen LogP contribution in [0, 0.1) is 0 Å². The van der Waals surface area contributed by atoms with Crippen LogP contribution in [-0.2, 0) is 0 Å². The first-order valence-corrected chi connectivity index (χ1v) is 4.48. The molecule has 0 aliphatic rings. The average molecular weight is 202 g/mol. The lowest BCUT2D eigenvalue weighted by molar-refractivity contribution is 0.235. The van der Waals surface area contributed by atoms with Crippen LogP contribution in [0.1, 0.15) is 27.2 Å². The first kappa shape index (κ1) is 12.5. The van der Waals surface area contributed by atoms with Crippen molar-refractivity contribution in [3.63, 3.8) is 0 Å². The van der Waals surface area contributed by atoms with Gasteiger partial charge in [-0.05, 0) is 20.3 Å². The van der Waals surface area contributed by atoms with Crippen molar-refractivity contribution in [3.05, 3.63) is 0 Å². The summed E-state index contributed by atoms with van der Waals surface area (Å²) >= 11 is 0. The van der Waals surface area contributed by atoms with Crippen LogP contribution in [0.3, 0.4) is 0 Å². The maximum atomic E-state index is 11.2. The SMILES string of the molecule is CCCNC(=O)NC(C)(C)/C(N)=N/O. The fourth-order valence-corrected chi connectivity index (χ4v) is 0.756. The molecule has 0 aromatic carbocycles. The molecule has 0 aliphatic carbocycles. The zero-order chi connectivity index (χ0) is 11.2. The smallest absolute Gasteiger partial charge is 0.315 e. The molecule has 0 aromatic heterocycles. The maximum absolute atomic E-state index is 11.2. The highest BCUT2D eigenvalue weighted by Gasteiger charge is 2.25. The number of urea groups is 1. The van der Waals surface area contributed by atoms with E-state index >= 15 is 0 Å². The highest BCUT2D eigenvalue weighted by atomic mass is 16.4. The van der Waals surface area contributed by atoms with Gasteiger partial charge in [-0.25, -0.2) is 4.79 Å². The minimum absolute atomic E-state index is 0.0378. The topological polar surface area (TPSA) is 99.7 Å². The molecule has 0 saturated carbocycles. The number of nitrogens with two attached hydrogens (primary N) is 1. The van der Waals surface area contributed by atoms with Crippen LogP contribution in [0.5, 0.6) is 0 Å². The van der Waals surface area contributed by atoms with Crippen LogP contribution >= 0.6 is 0 Å². The predicted molar refractivity (Wildman–Crippen MR) is 54.3 cm³/mol. The second-order valence-electron chi connectivity index (χ2n) is 3.49. The Morgan fingerprint density at radius 1 is 1.57 bits per heavy atom. The van der Waals surface area contributed by atoms with Gasteiger partial charge in [0.15, 0.2) is 5.84 Å². The van der Waals surface area contributed by atoms with Gasteiger partial charge in [-0.15, -0.1) is 0 Å². The molecule has 6 nitrogen and oxygen atoms in total. The van der Waals surface area contributed by atoms with E-state index in [9.17, 15) is 4.79 Å². The Bertz CT molecular complexity index is 225. The van der Waals surface area contributed by atoms with Gasteiger partial charge in [-0.3, -0.25) is 0 Å². The lowest BCUT2D eigenvalue weighted by atomic mass is 10.1. The number of amidine groups is 1. The van der Waals surface area contributed by atoms with Gasteiger partial charge in [0.25, 0.3) is 0 Å². The van der Waals surface area contributed by atoms with E-state index in [2.05, 4.69) is 15.8 Å². The Kier molecular flexibility index (Phi) is 4.76. The molecule has 0 saturated heterocycles. The van der Waals surface area contributed by atoms with E-state index in [-0.39, 0.29) is 11.9 Å². The summed E-state index contributed by atoms with van der Waals surface area (Å²) < 4.78 is 0. The molecule has 0 spiro atoms. The molecular weight excluding hydrogens is 184 g/mol. The van der Waals surface area contributed by atoms with E-state index in [1.807, 2.05) is 6.92 Å². The summed E-state index contributed by atoms with van der Waals surface area (Å²) in [7, 11) is 0. The largest absolute Gasteiger partial charge is 0.409 e. The minimum atomic E-state index is -0.855. The highest BCUT2D eigenvalue weighted by molar-refractivity contribution is 5.92. The third-order valence-electron chi connectivity index (χ3n) is 1.71. The molecule has 2 amide bonds.